The molecule has 0 radical (unpaired) electrons. The number of aromatic hydroxyl groups is 1. The standard InChI is InChI=1S/C18H19IN2O2S/c1-2-9-3-5-11-14(7-9)24-18-15(11)17(23)20-16(21-18)10-4-6-13(22)12(19)8-10/h4,6,8-9,16,21-22H,2-3,5,7H2,1H3,(H,20,23)/t9-,16-/m0/s1. The molecule has 0 bridgehead atoms. The maximum Gasteiger partial charge on any atom is 0.256 e. The van der Waals surface area contributed by atoms with Gasteiger partial charge >= 0.3 is 0 Å². The van der Waals surface area contributed by atoms with Crippen LogP contribution in [0.2, 0.25) is 0 Å². The zero-order valence-electron chi connectivity index (χ0n) is 13.4. The van der Waals surface area contributed by atoms with E-state index in [1.54, 1.807) is 17.4 Å². The molecule has 0 fully saturated rings. The van der Waals surface area contributed by atoms with Crippen molar-refractivity contribution in [1.29, 1.82) is 0 Å². The van der Waals surface area contributed by atoms with Crippen LogP contribution >= 0.6 is 33.9 Å². The molecular formula is C18H19IN2O2S. The van der Waals surface area contributed by atoms with Crippen LogP contribution in [0.3, 0.4) is 0 Å². The summed E-state index contributed by atoms with van der Waals surface area (Å²) in [6.45, 7) is 2.25. The van der Waals surface area contributed by atoms with E-state index in [2.05, 4.69) is 40.1 Å². The van der Waals surface area contributed by atoms with Gasteiger partial charge in [0.25, 0.3) is 5.91 Å². The number of anilines is 1. The van der Waals surface area contributed by atoms with Crippen molar-refractivity contribution >= 4 is 44.8 Å². The number of hydrogen-bond acceptors (Lipinski definition) is 4. The molecule has 2 atom stereocenters. The fraction of sp³-hybridized carbons (Fsp3) is 0.389. The van der Waals surface area contributed by atoms with E-state index < -0.39 is 0 Å². The maximum atomic E-state index is 12.7. The summed E-state index contributed by atoms with van der Waals surface area (Å²) in [6.07, 6.45) is 4.24. The van der Waals surface area contributed by atoms with Gasteiger partial charge in [0, 0.05) is 4.88 Å². The van der Waals surface area contributed by atoms with Gasteiger partial charge in [-0.15, -0.1) is 11.3 Å². The van der Waals surface area contributed by atoms with Gasteiger partial charge in [-0.1, -0.05) is 19.4 Å². The van der Waals surface area contributed by atoms with Crippen molar-refractivity contribution < 1.29 is 9.90 Å². The zero-order valence-corrected chi connectivity index (χ0v) is 16.3. The molecule has 1 aliphatic carbocycles. The summed E-state index contributed by atoms with van der Waals surface area (Å²) >= 11 is 3.84. The number of fused-ring (bicyclic) bond motifs is 3. The first-order valence-electron chi connectivity index (χ1n) is 8.27. The third kappa shape index (κ3) is 2.69. The molecule has 1 aromatic heterocycles. The van der Waals surface area contributed by atoms with Gasteiger partial charge in [0.2, 0.25) is 0 Å². The molecule has 6 heteroatoms. The Bertz CT molecular complexity index is 818. The lowest BCUT2D eigenvalue weighted by Gasteiger charge is -2.27. The van der Waals surface area contributed by atoms with Crippen LogP contribution < -0.4 is 10.6 Å². The number of hydrogen-bond donors (Lipinski definition) is 3. The number of phenolic OH excluding ortho intramolecular Hbond substituents is 1. The molecule has 2 aromatic rings. The normalized spacial score (nSPS) is 22.3. The Kier molecular flexibility index (Phi) is 4.20. The number of carbonyl (C=O) groups is 1. The lowest BCUT2D eigenvalue weighted by molar-refractivity contribution is 0.0935. The van der Waals surface area contributed by atoms with Crippen LogP contribution in [0.25, 0.3) is 0 Å². The van der Waals surface area contributed by atoms with E-state index in [0.29, 0.717) is 0 Å². The third-order valence-electron chi connectivity index (χ3n) is 5.03. The zero-order chi connectivity index (χ0) is 16.8. The summed E-state index contributed by atoms with van der Waals surface area (Å²) in [6, 6.07) is 5.42. The summed E-state index contributed by atoms with van der Waals surface area (Å²) < 4.78 is 0.781. The van der Waals surface area contributed by atoms with Crippen molar-refractivity contribution in [1.82, 2.24) is 5.32 Å². The molecule has 2 heterocycles. The van der Waals surface area contributed by atoms with Gasteiger partial charge in [-0.2, -0.15) is 0 Å². The first kappa shape index (κ1) is 16.2. The Labute approximate surface area is 158 Å². The molecule has 1 aliphatic heterocycles. The summed E-state index contributed by atoms with van der Waals surface area (Å²) in [7, 11) is 0. The summed E-state index contributed by atoms with van der Waals surface area (Å²) in [5.74, 6) is 1.03. The number of benzene rings is 1. The second kappa shape index (κ2) is 6.22. The topological polar surface area (TPSA) is 61.4 Å². The van der Waals surface area contributed by atoms with E-state index in [4.69, 9.17) is 0 Å². The molecule has 1 amide bonds. The molecule has 24 heavy (non-hydrogen) atoms. The van der Waals surface area contributed by atoms with Gasteiger partial charge in [-0.05, 0) is 71.0 Å². The smallest absolute Gasteiger partial charge is 0.256 e. The van der Waals surface area contributed by atoms with Crippen LogP contribution in [0.1, 0.15) is 52.3 Å². The number of amides is 1. The SMILES string of the molecule is CC[C@H]1CCc2c(sc3c2C(=O)N[C@H](c2ccc(O)c(I)c2)N3)C1. The molecule has 0 unspecified atom stereocenters. The quantitative estimate of drug-likeness (QED) is 0.589. The molecule has 126 valence electrons. The highest BCUT2D eigenvalue weighted by atomic mass is 127. The van der Waals surface area contributed by atoms with Crippen molar-refractivity contribution in [2.45, 2.75) is 38.8 Å². The maximum absolute atomic E-state index is 12.7. The third-order valence-corrected chi connectivity index (χ3v) is 7.08. The largest absolute Gasteiger partial charge is 0.507 e. The first-order valence-corrected chi connectivity index (χ1v) is 10.2. The lowest BCUT2D eigenvalue weighted by Crippen LogP contribution is -2.38. The highest BCUT2D eigenvalue weighted by molar-refractivity contribution is 14.1. The van der Waals surface area contributed by atoms with Gasteiger partial charge in [0.1, 0.15) is 16.9 Å². The summed E-state index contributed by atoms with van der Waals surface area (Å²) in [4.78, 5) is 14.1. The minimum Gasteiger partial charge on any atom is -0.507 e. The Morgan fingerprint density at radius 1 is 1.38 bits per heavy atom. The van der Waals surface area contributed by atoms with Gasteiger partial charge in [0.05, 0.1) is 9.13 Å². The summed E-state index contributed by atoms with van der Waals surface area (Å²) in [5.41, 5.74) is 3.06. The lowest BCUT2D eigenvalue weighted by atomic mass is 9.85. The molecule has 1 aromatic carbocycles. The first-order chi connectivity index (χ1) is 11.6. The number of nitrogens with one attached hydrogen (secondary N) is 2. The minimum absolute atomic E-state index is 0.0179. The van der Waals surface area contributed by atoms with Crippen LogP contribution in [-0.2, 0) is 12.8 Å². The Morgan fingerprint density at radius 2 is 2.21 bits per heavy atom. The van der Waals surface area contributed by atoms with Crippen LogP contribution in [0.15, 0.2) is 18.2 Å². The number of phenols is 1. The van der Waals surface area contributed by atoms with E-state index in [9.17, 15) is 9.90 Å². The van der Waals surface area contributed by atoms with E-state index >= 15 is 0 Å². The summed E-state index contributed by atoms with van der Waals surface area (Å²) in [5, 5.41) is 17.2. The van der Waals surface area contributed by atoms with E-state index in [1.165, 1.54) is 23.3 Å². The molecule has 0 saturated heterocycles. The highest BCUT2D eigenvalue weighted by Crippen LogP contribution is 2.43. The van der Waals surface area contributed by atoms with E-state index in [1.807, 2.05) is 12.1 Å². The average molecular weight is 454 g/mol. The van der Waals surface area contributed by atoms with Crippen molar-refractivity contribution in [3.05, 3.63) is 43.3 Å². The second-order valence-electron chi connectivity index (χ2n) is 6.49. The van der Waals surface area contributed by atoms with Gasteiger partial charge < -0.3 is 15.7 Å². The fourth-order valence-electron chi connectivity index (χ4n) is 3.58. The van der Waals surface area contributed by atoms with Crippen LogP contribution in [-0.4, -0.2) is 11.0 Å². The molecule has 3 N–H and O–H groups in total. The number of carbonyl (C=O) groups excluding carboxylic acids is 1. The Balaban J connectivity index is 1.67. The second-order valence-corrected chi connectivity index (χ2v) is 8.75. The number of thiophene rings is 1. The van der Waals surface area contributed by atoms with Gasteiger partial charge in [0.15, 0.2) is 0 Å². The van der Waals surface area contributed by atoms with E-state index in [-0.39, 0.29) is 17.8 Å². The van der Waals surface area contributed by atoms with Crippen molar-refractivity contribution in [2.24, 2.45) is 5.92 Å². The molecular weight excluding hydrogens is 435 g/mol. The molecule has 2 aliphatic rings. The number of halogens is 1. The Hall–Kier alpha value is -1.28. The number of rotatable bonds is 2. The van der Waals surface area contributed by atoms with Crippen molar-refractivity contribution in [3.63, 3.8) is 0 Å². The van der Waals surface area contributed by atoms with Gasteiger partial charge in [-0.3, -0.25) is 4.79 Å². The van der Waals surface area contributed by atoms with Crippen LogP contribution in [0, 0.1) is 9.49 Å². The monoisotopic (exact) mass is 454 g/mol. The molecule has 4 nitrogen and oxygen atoms in total. The predicted octanol–water partition coefficient (Wildman–Crippen LogP) is 4.43. The molecule has 0 spiro atoms. The van der Waals surface area contributed by atoms with Crippen LogP contribution in [0.4, 0.5) is 5.00 Å². The van der Waals surface area contributed by atoms with Crippen LogP contribution in [0.5, 0.6) is 5.75 Å². The Morgan fingerprint density at radius 3 is 2.96 bits per heavy atom. The fourth-order valence-corrected chi connectivity index (χ4v) is 5.51. The van der Waals surface area contributed by atoms with Crippen molar-refractivity contribution in [3.8, 4) is 5.75 Å². The minimum atomic E-state index is -0.249. The molecule has 4 rings (SSSR count). The molecule has 0 saturated carbocycles. The van der Waals surface area contributed by atoms with Gasteiger partial charge in [-0.25, -0.2) is 0 Å². The highest BCUT2D eigenvalue weighted by Gasteiger charge is 2.33. The van der Waals surface area contributed by atoms with Crippen molar-refractivity contribution in [2.75, 3.05) is 5.32 Å². The average Bonchev–Trinajstić information content (AvgIpc) is 2.95. The predicted molar refractivity (Wildman–Crippen MR) is 105 cm³/mol. The van der Waals surface area contributed by atoms with E-state index in [0.717, 1.165) is 38.5 Å².